The summed E-state index contributed by atoms with van der Waals surface area (Å²) in [5.41, 5.74) is 12.1. The lowest BCUT2D eigenvalue weighted by Crippen LogP contribution is -2.18. The van der Waals surface area contributed by atoms with Crippen molar-refractivity contribution in [3.63, 3.8) is 0 Å². The van der Waals surface area contributed by atoms with E-state index in [4.69, 9.17) is 4.99 Å². The van der Waals surface area contributed by atoms with E-state index in [1.165, 1.54) is 10.1 Å². The Kier molecular flexibility index (Phi) is 7.78. The van der Waals surface area contributed by atoms with Crippen LogP contribution in [0.25, 0.3) is 27.5 Å². The Morgan fingerprint density at radius 3 is 2.07 bits per heavy atom. The summed E-state index contributed by atoms with van der Waals surface area (Å²) in [6.07, 6.45) is 1.53. The first-order chi connectivity index (χ1) is 19.6. The minimum atomic E-state index is -2.67. The van der Waals surface area contributed by atoms with E-state index in [1.807, 2.05) is 53.9 Å². The number of nitrogens with zero attached hydrogens (tertiary/aromatic N) is 3. The fraction of sp³-hybridized carbons (Fsp3) is 0.286. The lowest BCUT2D eigenvalue weighted by molar-refractivity contribution is 0.623. The Morgan fingerprint density at radius 1 is 0.854 bits per heavy atom. The molecule has 6 heteroatoms. The first-order valence-electron chi connectivity index (χ1n) is 14.4. The molecule has 0 N–H and O–H groups in total. The number of anilines is 1. The van der Waals surface area contributed by atoms with Crippen molar-refractivity contribution in [2.45, 2.75) is 54.4 Å². The maximum atomic E-state index is 14.9. The van der Waals surface area contributed by atoms with Crippen LogP contribution in [-0.4, -0.2) is 31.7 Å². The van der Waals surface area contributed by atoms with Crippen LogP contribution in [0, 0.1) is 13.8 Å². The molecule has 0 amide bonds. The summed E-state index contributed by atoms with van der Waals surface area (Å²) in [5.74, 6) is 0. The summed E-state index contributed by atoms with van der Waals surface area (Å²) in [7, 11) is 1.40. The van der Waals surface area contributed by atoms with E-state index in [0.717, 1.165) is 73.3 Å². The molecule has 41 heavy (non-hydrogen) atoms. The van der Waals surface area contributed by atoms with Crippen molar-refractivity contribution in [3.05, 3.63) is 106 Å². The van der Waals surface area contributed by atoms with Gasteiger partial charge in [-0.25, -0.2) is 0 Å². The standard InChI is InChI=1S/C35H38BF2N3/c1-9-27-21(3)34(39-23(27)5)33(35-22(4)28(10-2)24(6)41(35)36(37)38)32-20-19-29(30-13-11-12-14-31(30)32)25-15-17-26(18-16-25)40(7)8/h11-20H,9-10H2,1-8H3/b34-33-. The fourth-order valence-electron chi connectivity index (χ4n) is 6.55. The van der Waals surface area contributed by atoms with Gasteiger partial charge in [-0.15, -0.1) is 0 Å². The summed E-state index contributed by atoms with van der Waals surface area (Å²) in [5, 5.41) is 2.10. The number of allylic oxidation sites excluding steroid dienone is 2. The van der Waals surface area contributed by atoms with Crippen molar-refractivity contribution in [2.75, 3.05) is 19.0 Å². The van der Waals surface area contributed by atoms with Crippen LogP contribution in [0.1, 0.15) is 62.2 Å². The van der Waals surface area contributed by atoms with Crippen LogP contribution in [0.3, 0.4) is 0 Å². The quantitative estimate of drug-likeness (QED) is 0.211. The number of benzene rings is 3. The predicted octanol–water partition coefficient (Wildman–Crippen LogP) is 9.29. The monoisotopic (exact) mass is 549 g/mol. The Labute approximate surface area is 243 Å². The fourth-order valence-corrected chi connectivity index (χ4v) is 6.55. The first kappa shape index (κ1) is 28.6. The van der Waals surface area contributed by atoms with Gasteiger partial charge >= 0.3 is 7.40 Å². The summed E-state index contributed by atoms with van der Waals surface area (Å²) >= 11 is 0. The zero-order valence-electron chi connectivity index (χ0n) is 25.4. The highest BCUT2D eigenvalue weighted by Crippen LogP contribution is 2.44. The van der Waals surface area contributed by atoms with E-state index in [0.29, 0.717) is 17.8 Å². The smallest absolute Gasteiger partial charge is 0.378 e. The van der Waals surface area contributed by atoms with E-state index in [-0.39, 0.29) is 0 Å². The van der Waals surface area contributed by atoms with Crippen molar-refractivity contribution in [3.8, 4) is 11.1 Å². The van der Waals surface area contributed by atoms with Crippen LogP contribution in [0.2, 0.25) is 0 Å². The lowest BCUT2D eigenvalue weighted by atomic mass is 9.87. The lowest BCUT2D eigenvalue weighted by Gasteiger charge is -2.20. The average molecular weight is 550 g/mol. The molecular weight excluding hydrogens is 511 g/mol. The molecule has 1 aromatic heterocycles. The molecule has 5 rings (SSSR count). The molecule has 0 aliphatic carbocycles. The second kappa shape index (κ2) is 11.2. The number of aliphatic imine (C=N–C) groups is 1. The Bertz CT molecular complexity index is 1740. The van der Waals surface area contributed by atoms with Crippen LogP contribution >= 0.6 is 0 Å². The van der Waals surface area contributed by atoms with E-state index in [2.05, 4.69) is 67.3 Å². The van der Waals surface area contributed by atoms with E-state index >= 15 is 0 Å². The van der Waals surface area contributed by atoms with E-state index in [1.54, 1.807) is 0 Å². The van der Waals surface area contributed by atoms with Crippen molar-refractivity contribution in [2.24, 2.45) is 4.99 Å². The normalized spacial score (nSPS) is 14.6. The largest absolute Gasteiger partial charge is 0.677 e. The molecule has 1 aliphatic rings. The minimum absolute atomic E-state index is 0.561. The van der Waals surface area contributed by atoms with Gasteiger partial charge in [0.1, 0.15) is 0 Å². The molecule has 1 aliphatic heterocycles. The maximum absolute atomic E-state index is 14.9. The van der Waals surface area contributed by atoms with Crippen LogP contribution < -0.4 is 4.90 Å². The second-order valence-electron chi connectivity index (χ2n) is 11.1. The molecule has 3 aromatic carbocycles. The van der Waals surface area contributed by atoms with Gasteiger partial charge in [0.05, 0.1) is 5.70 Å². The third-order valence-electron chi connectivity index (χ3n) is 8.63. The number of rotatable bonds is 7. The molecule has 0 bridgehead atoms. The van der Waals surface area contributed by atoms with Crippen molar-refractivity contribution >= 4 is 35.1 Å². The minimum Gasteiger partial charge on any atom is -0.378 e. The molecule has 3 nitrogen and oxygen atoms in total. The zero-order chi connectivity index (χ0) is 29.6. The third-order valence-corrected chi connectivity index (χ3v) is 8.63. The van der Waals surface area contributed by atoms with Gasteiger partial charge < -0.3 is 9.38 Å². The molecular formula is C35H38BF2N3. The van der Waals surface area contributed by atoms with Gasteiger partial charge in [0.2, 0.25) is 0 Å². The highest BCUT2D eigenvalue weighted by atomic mass is 19.2. The molecule has 0 atom stereocenters. The molecule has 4 aromatic rings. The van der Waals surface area contributed by atoms with Gasteiger partial charge in [-0.2, -0.15) is 0 Å². The SMILES string of the molecule is CCC1=C(C)/C(=C(\c2ccc(-c3ccc(N(C)C)cc3)c3ccccc23)c2c(C)c(CC)c(C)n2B(F)F)N=C1C. The molecule has 0 saturated carbocycles. The van der Waals surface area contributed by atoms with E-state index in [9.17, 15) is 8.63 Å². The topological polar surface area (TPSA) is 20.5 Å². The number of halogens is 2. The molecule has 2 heterocycles. The zero-order valence-corrected chi connectivity index (χ0v) is 25.4. The Hall–Kier alpha value is -3.93. The molecule has 0 spiro atoms. The molecule has 0 unspecified atom stereocenters. The van der Waals surface area contributed by atoms with Gasteiger partial charge in [0.15, 0.2) is 0 Å². The van der Waals surface area contributed by atoms with Gasteiger partial charge in [0.25, 0.3) is 0 Å². The Balaban J connectivity index is 1.88. The maximum Gasteiger partial charge on any atom is 0.677 e. The van der Waals surface area contributed by atoms with Crippen molar-refractivity contribution in [1.82, 2.24) is 4.48 Å². The summed E-state index contributed by atoms with van der Waals surface area (Å²) in [6, 6.07) is 21.1. The predicted molar refractivity (Wildman–Crippen MR) is 172 cm³/mol. The van der Waals surface area contributed by atoms with Crippen LogP contribution in [0.15, 0.2) is 82.5 Å². The van der Waals surface area contributed by atoms with Crippen LogP contribution in [-0.2, 0) is 6.42 Å². The van der Waals surface area contributed by atoms with E-state index < -0.39 is 7.40 Å². The van der Waals surface area contributed by atoms with Gasteiger partial charge in [0, 0.05) is 42.5 Å². The Morgan fingerprint density at radius 2 is 1.51 bits per heavy atom. The number of hydrogen-bond donors (Lipinski definition) is 0. The van der Waals surface area contributed by atoms with Crippen molar-refractivity contribution in [1.29, 1.82) is 0 Å². The molecule has 0 fully saturated rings. The highest BCUT2D eigenvalue weighted by molar-refractivity contribution is 6.42. The third kappa shape index (κ3) is 4.73. The molecule has 0 saturated heterocycles. The van der Waals surface area contributed by atoms with Crippen LogP contribution in [0.4, 0.5) is 14.3 Å². The van der Waals surface area contributed by atoms with Crippen LogP contribution in [0.5, 0.6) is 0 Å². The number of hydrogen-bond acceptors (Lipinski definition) is 2. The average Bonchev–Trinajstić information content (AvgIpc) is 3.38. The second-order valence-corrected chi connectivity index (χ2v) is 11.1. The summed E-state index contributed by atoms with van der Waals surface area (Å²) < 4.78 is 31.0. The van der Waals surface area contributed by atoms with Gasteiger partial charge in [-0.05, 0) is 102 Å². The number of aromatic nitrogens is 1. The summed E-state index contributed by atoms with van der Waals surface area (Å²) in [6.45, 7) is 12.0. The molecule has 0 radical (unpaired) electrons. The van der Waals surface area contributed by atoms with Crippen molar-refractivity contribution < 1.29 is 8.63 Å². The molecule has 210 valence electrons. The highest BCUT2D eigenvalue weighted by Gasteiger charge is 2.33. The van der Waals surface area contributed by atoms with Gasteiger partial charge in [-0.3, -0.25) is 13.6 Å². The summed E-state index contributed by atoms with van der Waals surface area (Å²) in [4.78, 5) is 7.14. The first-order valence-corrected chi connectivity index (χ1v) is 14.4. The van der Waals surface area contributed by atoms with Gasteiger partial charge in [-0.1, -0.05) is 62.4 Å². The number of fused-ring (bicyclic) bond motifs is 1.